The van der Waals surface area contributed by atoms with E-state index in [9.17, 15) is 9.59 Å². The van der Waals surface area contributed by atoms with Gasteiger partial charge in [0.2, 0.25) is 5.91 Å². The minimum absolute atomic E-state index is 0.116. The molecule has 4 rings (SSSR count). The number of hydrogen-bond acceptors (Lipinski definition) is 5. The van der Waals surface area contributed by atoms with Crippen molar-refractivity contribution in [1.82, 2.24) is 5.32 Å². The lowest BCUT2D eigenvalue weighted by Gasteiger charge is -2.34. The topological polar surface area (TPSA) is 64.6 Å². The number of carbonyl (C=O) groups excluding carboxylic acids is 2. The Balaban J connectivity index is 1.64. The second-order valence-corrected chi connectivity index (χ2v) is 8.71. The van der Waals surface area contributed by atoms with E-state index in [0.29, 0.717) is 35.3 Å². The molecule has 2 amide bonds. The third kappa shape index (κ3) is 3.28. The van der Waals surface area contributed by atoms with E-state index < -0.39 is 4.75 Å². The molecule has 1 N–H and O–H groups in total. The number of hydrogen-bond donors (Lipinski definition) is 1. The van der Waals surface area contributed by atoms with Crippen molar-refractivity contribution in [3.8, 4) is 17.2 Å². The second-order valence-electron chi connectivity index (χ2n) is 6.88. The van der Waals surface area contributed by atoms with Crippen molar-refractivity contribution in [3.63, 3.8) is 0 Å². The fourth-order valence-electron chi connectivity index (χ4n) is 3.53. The maximum absolute atomic E-state index is 12.4. The predicted molar refractivity (Wildman–Crippen MR) is 105 cm³/mol. The van der Waals surface area contributed by atoms with Gasteiger partial charge in [-0.05, 0) is 61.4 Å². The van der Waals surface area contributed by atoms with Crippen LogP contribution in [0.15, 0.2) is 36.4 Å². The van der Waals surface area contributed by atoms with Crippen molar-refractivity contribution in [1.29, 1.82) is 0 Å². The van der Waals surface area contributed by atoms with Crippen LogP contribution in [-0.4, -0.2) is 22.5 Å². The van der Waals surface area contributed by atoms with Crippen LogP contribution in [0, 0.1) is 6.92 Å². The molecule has 27 heavy (non-hydrogen) atoms. The maximum Gasteiger partial charge on any atom is 0.286 e. The molecule has 2 aromatic rings. The van der Waals surface area contributed by atoms with Crippen molar-refractivity contribution in [2.75, 3.05) is 6.61 Å². The quantitative estimate of drug-likeness (QED) is 0.776. The molecule has 0 aliphatic carbocycles. The highest BCUT2D eigenvalue weighted by Gasteiger charge is 2.51. The Labute approximate surface area is 166 Å². The molecule has 5 nitrogen and oxygen atoms in total. The Hall–Kier alpha value is -2.18. The number of imide groups is 1. The number of halogens is 1. The van der Waals surface area contributed by atoms with Gasteiger partial charge in [0.25, 0.3) is 5.24 Å². The number of thioether (sulfide) groups is 1. The van der Waals surface area contributed by atoms with Crippen molar-refractivity contribution >= 4 is 34.5 Å². The number of ether oxygens (including phenoxy) is 2. The van der Waals surface area contributed by atoms with Gasteiger partial charge < -0.3 is 9.47 Å². The van der Waals surface area contributed by atoms with Crippen LogP contribution in [0.5, 0.6) is 17.2 Å². The lowest BCUT2D eigenvalue weighted by Crippen LogP contribution is -2.41. The first-order valence-corrected chi connectivity index (χ1v) is 9.81. The molecule has 0 saturated carbocycles. The average Bonchev–Trinajstić information content (AvgIpc) is 2.89. The number of amides is 2. The number of benzene rings is 2. The highest BCUT2D eigenvalue weighted by Crippen LogP contribution is 2.50. The Morgan fingerprint density at radius 3 is 2.78 bits per heavy atom. The number of rotatable bonds is 3. The molecule has 0 spiro atoms. The predicted octanol–water partition coefficient (Wildman–Crippen LogP) is 5.05. The van der Waals surface area contributed by atoms with Gasteiger partial charge in [-0.25, -0.2) is 0 Å². The van der Waals surface area contributed by atoms with Crippen molar-refractivity contribution in [2.45, 2.75) is 30.9 Å². The molecular weight excluding hydrogens is 386 g/mol. The van der Waals surface area contributed by atoms with Crippen LogP contribution in [0.1, 0.15) is 30.4 Å². The summed E-state index contributed by atoms with van der Waals surface area (Å²) in [5.41, 5.74) is 1.96. The van der Waals surface area contributed by atoms with Crippen LogP contribution >= 0.6 is 23.4 Å². The average molecular weight is 404 g/mol. The monoisotopic (exact) mass is 403 g/mol. The van der Waals surface area contributed by atoms with E-state index in [2.05, 4.69) is 5.32 Å². The lowest BCUT2D eigenvalue weighted by atomic mass is 9.81. The molecule has 7 heteroatoms. The van der Waals surface area contributed by atoms with E-state index in [1.165, 1.54) is 0 Å². The molecule has 1 saturated heterocycles. The Morgan fingerprint density at radius 2 is 2.07 bits per heavy atom. The van der Waals surface area contributed by atoms with Crippen LogP contribution in [0.2, 0.25) is 5.02 Å². The first kappa shape index (κ1) is 18.2. The van der Waals surface area contributed by atoms with Gasteiger partial charge in [-0.2, -0.15) is 0 Å². The smallest absolute Gasteiger partial charge is 0.286 e. The van der Waals surface area contributed by atoms with E-state index in [-0.39, 0.29) is 17.1 Å². The molecule has 0 bridgehead atoms. The molecule has 0 aromatic heterocycles. The van der Waals surface area contributed by atoms with Crippen molar-refractivity contribution in [2.24, 2.45) is 0 Å². The van der Waals surface area contributed by atoms with Gasteiger partial charge in [0.05, 0.1) is 11.6 Å². The van der Waals surface area contributed by atoms with Gasteiger partial charge in [-0.1, -0.05) is 23.7 Å². The van der Waals surface area contributed by atoms with Crippen LogP contribution in [0.3, 0.4) is 0 Å². The molecule has 0 radical (unpaired) electrons. The van der Waals surface area contributed by atoms with Crippen LogP contribution in [0.25, 0.3) is 0 Å². The summed E-state index contributed by atoms with van der Waals surface area (Å²) in [6, 6.07) is 11.1. The first-order chi connectivity index (χ1) is 12.9. The number of nitrogens with one attached hydrogen (secondary N) is 1. The third-order valence-electron chi connectivity index (χ3n) is 4.98. The largest absolute Gasteiger partial charge is 0.493 e. The van der Waals surface area contributed by atoms with E-state index >= 15 is 0 Å². The van der Waals surface area contributed by atoms with Crippen molar-refractivity contribution in [3.05, 3.63) is 52.5 Å². The molecule has 2 aromatic carbocycles. The van der Waals surface area contributed by atoms with Gasteiger partial charge in [0.1, 0.15) is 22.0 Å². The SMILES string of the molecule is Cc1ccc(Oc2ccc3c(c2)OCCC3[C@]2(C)SC(=O)NC2=O)c(Cl)c1. The molecule has 2 heterocycles. The van der Waals surface area contributed by atoms with E-state index in [1.807, 2.05) is 44.2 Å². The third-order valence-corrected chi connectivity index (χ3v) is 6.45. The zero-order chi connectivity index (χ0) is 19.2. The van der Waals surface area contributed by atoms with Gasteiger partial charge in [0.15, 0.2) is 0 Å². The minimum Gasteiger partial charge on any atom is -0.493 e. The summed E-state index contributed by atoms with van der Waals surface area (Å²) in [6.45, 7) is 4.25. The summed E-state index contributed by atoms with van der Waals surface area (Å²) in [5.74, 6) is 1.47. The molecule has 140 valence electrons. The molecule has 1 fully saturated rings. The summed E-state index contributed by atoms with van der Waals surface area (Å²) in [5, 5.41) is 2.63. The summed E-state index contributed by atoms with van der Waals surface area (Å²) in [7, 11) is 0. The minimum atomic E-state index is -0.835. The van der Waals surface area contributed by atoms with Gasteiger partial charge >= 0.3 is 0 Å². The van der Waals surface area contributed by atoms with Gasteiger partial charge in [-0.15, -0.1) is 0 Å². The molecule has 2 atom stereocenters. The highest BCUT2D eigenvalue weighted by atomic mass is 35.5. The van der Waals surface area contributed by atoms with Crippen LogP contribution in [-0.2, 0) is 4.79 Å². The number of aryl methyl sites for hydroxylation is 1. The standard InChI is InChI=1S/C20H18ClNO4S/c1-11-3-6-16(15(21)9-11)26-12-4-5-13-14(7-8-25-17(13)10-12)20(2)18(23)22-19(24)27-20/h3-6,9-10,14H,7-8H2,1-2H3,(H,22,23,24)/t14?,20-/m0/s1. The number of carbonyl (C=O) groups is 2. The zero-order valence-electron chi connectivity index (χ0n) is 14.9. The fraction of sp³-hybridized carbons (Fsp3) is 0.300. The molecule has 2 aliphatic rings. The molecule has 2 aliphatic heterocycles. The fourth-order valence-corrected chi connectivity index (χ4v) is 4.87. The Kier molecular flexibility index (Phi) is 4.56. The van der Waals surface area contributed by atoms with Gasteiger partial charge in [0, 0.05) is 12.0 Å². The summed E-state index contributed by atoms with van der Waals surface area (Å²) < 4.78 is 10.9. The van der Waals surface area contributed by atoms with Crippen LogP contribution in [0.4, 0.5) is 4.79 Å². The summed E-state index contributed by atoms with van der Waals surface area (Å²) in [6.07, 6.45) is 0.668. The number of fused-ring (bicyclic) bond motifs is 1. The Bertz CT molecular complexity index is 948. The van der Waals surface area contributed by atoms with Crippen molar-refractivity contribution < 1.29 is 19.1 Å². The zero-order valence-corrected chi connectivity index (χ0v) is 16.4. The Morgan fingerprint density at radius 1 is 1.26 bits per heavy atom. The van der Waals surface area contributed by atoms with E-state index in [0.717, 1.165) is 22.9 Å². The summed E-state index contributed by atoms with van der Waals surface area (Å²) in [4.78, 5) is 24.1. The van der Waals surface area contributed by atoms with Gasteiger partial charge in [-0.3, -0.25) is 14.9 Å². The maximum atomic E-state index is 12.4. The highest BCUT2D eigenvalue weighted by molar-refractivity contribution is 8.16. The molecule has 1 unspecified atom stereocenters. The van der Waals surface area contributed by atoms with E-state index in [4.69, 9.17) is 21.1 Å². The second kappa shape index (κ2) is 6.77. The normalized spacial score (nSPS) is 24.2. The first-order valence-electron chi connectivity index (χ1n) is 8.62. The molecular formula is C20H18ClNO4S. The van der Waals surface area contributed by atoms with Crippen LogP contribution < -0.4 is 14.8 Å². The lowest BCUT2D eigenvalue weighted by molar-refractivity contribution is -0.122. The van der Waals surface area contributed by atoms with E-state index in [1.54, 1.807) is 6.07 Å². The summed E-state index contributed by atoms with van der Waals surface area (Å²) >= 11 is 7.30.